The molecule has 1 aliphatic rings. The Bertz CT molecular complexity index is 592. The van der Waals surface area contributed by atoms with E-state index in [0.717, 1.165) is 19.6 Å². The Kier molecular flexibility index (Phi) is 4.05. The molecule has 0 saturated carbocycles. The third-order valence-corrected chi connectivity index (χ3v) is 4.95. The second-order valence-corrected chi connectivity index (χ2v) is 7.81. The van der Waals surface area contributed by atoms with Gasteiger partial charge in [0.15, 0.2) is 0 Å². The number of nitrogens with one attached hydrogen (secondary N) is 1. The standard InChI is InChI=1S/C18H24N2S/c1-18(2,3)19-12-14-4-6-16(7-5-14)20-10-8-17-15(13-20)9-11-21-17/h4-7,9,11,19H,8,10,12-13H2,1-3H3. The lowest BCUT2D eigenvalue weighted by Crippen LogP contribution is -2.35. The van der Waals surface area contributed by atoms with Crippen LogP contribution >= 0.6 is 11.3 Å². The van der Waals surface area contributed by atoms with Crippen LogP contribution in [0.25, 0.3) is 0 Å². The lowest BCUT2D eigenvalue weighted by molar-refractivity contribution is 0.424. The SMILES string of the molecule is CC(C)(C)NCc1ccc(N2CCc3sccc3C2)cc1. The van der Waals surface area contributed by atoms with Gasteiger partial charge in [0.05, 0.1) is 0 Å². The van der Waals surface area contributed by atoms with E-state index in [-0.39, 0.29) is 5.54 Å². The highest BCUT2D eigenvalue weighted by molar-refractivity contribution is 7.10. The minimum absolute atomic E-state index is 0.168. The van der Waals surface area contributed by atoms with Gasteiger partial charge in [-0.1, -0.05) is 12.1 Å². The molecule has 1 aromatic carbocycles. The first-order valence-electron chi connectivity index (χ1n) is 7.65. The van der Waals surface area contributed by atoms with Gasteiger partial charge in [-0.3, -0.25) is 0 Å². The Morgan fingerprint density at radius 1 is 1.14 bits per heavy atom. The Hall–Kier alpha value is -1.32. The van der Waals surface area contributed by atoms with E-state index in [4.69, 9.17) is 0 Å². The number of fused-ring (bicyclic) bond motifs is 1. The summed E-state index contributed by atoms with van der Waals surface area (Å²) in [4.78, 5) is 4.05. The molecule has 3 rings (SSSR count). The average molecular weight is 300 g/mol. The maximum absolute atomic E-state index is 3.53. The first-order valence-corrected chi connectivity index (χ1v) is 8.53. The summed E-state index contributed by atoms with van der Waals surface area (Å²) in [7, 11) is 0. The van der Waals surface area contributed by atoms with Gasteiger partial charge >= 0.3 is 0 Å². The Balaban J connectivity index is 1.65. The van der Waals surface area contributed by atoms with E-state index in [1.807, 2.05) is 11.3 Å². The van der Waals surface area contributed by atoms with Crippen LogP contribution in [0.5, 0.6) is 0 Å². The van der Waals surface area contributed by atoms with E-state index in [2.05, 4.69) is 66.7 Å². The lowest BCUT2D eigenvalue weighted by Gasteiger charge is -2.29. The molecule has 21 heavy (non-hydrogen) atoms. The number of rotatable bonds is 3. The molecule has 0 radical (unpaired) electrons. The Labute approximate surface area is 131 Å². The summed E-state index contributed by atoms with van der Waals surface area (Å²) in [6.07, 6.45) is 1.18. The lowest BCUT2D eigenvalue weighted by atomic mass is 10.1. The molecule has 2 heterocycles. The van der Waals surface area contributed by atoms with Gasteiger partial charge in [0.1, 0.15) is 0 Å². The van der Waals surface area contributed by atoms with Gasteiger partial charge in [-0.2, -0.15) is 0 Å². The van der Waals surface area contributed by atoms with Crippen molar-refractivity contribution in [3.05, 3.63) is 51.7 Å². The van der Waals surface area contributed by atoms with E-state index in [1.165, 1.54) is 23.2 Å². The number of thiophene rings is 1. The van der Waals surface area contributed by atoms with Crippen LogP contribution in [0.2, 0.25) is 0 Å². The zero-order valence-electron chi connectivity index (χ0n) is 13.1. The van der Waals surface area contributed by atoms with Crippen LogP contribution in [0.4, 0.5) is 5.69 Å². The van der Waals surface area contributed by atoms with Crippen molar-refractivity contribution in [3.8, 4) is 0 Å². The van der Waals surface area contributed by atoms with Gasteiger partial charge in [-0.05, 0) is 61.9 Å². The van der Waals surface area contributed by atoms with Crippen molar-refractivity contribution in [3.63, 3.8) is 0 Å². The molecule has 112 valence electrons. The molecule has 2 nitrogen and oxygen atoms in total. The average Bonchev–Trinajstić information content (AvgIpc) is 2.92. The van der Waals surface area contributed by atoms with Crippen LogP contribution in [0.3, 0.4) is 0 Å². The predicted octanol–water partition coefficient (Wildman–Crippen LogP) is 4.20. The summed E-state index contributed by atoms with van der Waals surface area (Å²) < 4.78 is 0. The van der Waals surface area contributed by atoms with Crippen molar-refractivity contribution in [1.82, 2.24) is 5.32 Å². The minimum atomic E-state index is 0.168. The molecule has 0 saturated heterocycles. The van der Waals surface area contributed by atoms with Gasteiger partial charge in [0.25, 0.3) is 0 Å². The quantitative estimate of drug-likeness (QED) is 0.914. The van der Waals surface area contributed by atoms with Crippen LogP contribution in [-0.2, 0) is 19.5 Å². The molecule has 1 aromatic heterocycles. The van der Waals surface area contributed by atoms with Crippen molar-refractivity contribution in [1.29, 1.82) is 0 Å². The molecule has 0 bridgehead atoms. The Morgan fingerprint density at radius 2 is 1.90 bits per heavy atom. The van der Waals surface area contributed by atoms with Crippen molar-refractivity contribution >= 4 is 17.0 Å². The first kappa shape index (κ1) is 14.6. The van der Waals surface area contributed by atoms with E-state index in [9.17, 15) is 0 Å². The Morgan fingerprint density at radius 3 is 2.62 bits per heavy atom. The topological polar surface area (TPSA) is 15.3 Å². The predicted molar refractivity (Wildman–Crippen MR) is 92.1 cm³/mol. The van der Waals surface area contributed by atoms with E-state index in [1.54, 1.807) is 4.88 Å². The van der Waals surface area contributed by atoms with Crippen LogP contribution < -0.4 is 10.2 Å². The second-order valence-electron chi connectivity index (χ2n) is 6.81. The van der Waals surface area contributed by atoms with Crippen molar-refractivity contribution in [2.45, 2.75) is 45.8 Å². The fraction of sp³-hybridized carbons (Fsp3) is 0.444. The van der Waals surface area contributed by atoms with E-state index < -0.39 is 0 Å². The normalized spacial score (nSPS) is 15.1. The molecular formula is C18H24N2S. The number of benzene rings is 1. The third-order valence-electron chi connectivity index (χ3n) is 3.93. The molecule has 0 aliphatic carbocycles. The van der Waals surface area contributed by atoms with Gasteiger partial charge in [-0.15, -0.1) is 11.3 Å². The maximum Gasteiger partial charge on any atom is 0.0440 e. The summed E-state index contributed by atoms with van der Waals surface area (Å²) >= 11 is 1.90. The molecule has 0 unspecified atom stereocenters. The molecule has 3 heteroatoms. The van der Waals surface area contributed by atoms with Gasteiger partial charge in [-0.25, -0.2) is 0 Å². The molecule has 1 aliphatic heterocycles. The zero-order chi connectivity index (χ0) is 14.9. The fourth-order valence-corrected chi connectivity index (χ4v) is 3.55. The van der Waals surface area contributed by atoms with Crippen molar-refractivity contribution in [2.24, 2.45) is 0 Å². The highest BCUT2D eigenvalue weighted by atomic mass is 32.1. The summed E-state index contributed by atoms with van der Waals surface area (Å²) in [6.45, 7) is 9.72. The van der Waals surface area contributed by atoms with Crippen LogP contribution in [0.15, 0.2) is 35.7 Å². The fourth-order valence-electron chi connectivity index (χ4n) is 2.66. The van der Waals surface area contributed by atoms with E-state index >= 15 is 0 Å². The monoisotopic (exact) mass is 300 g/mol. The summed E-state index contributed by atoms with van der Waals surface area (Å²) in [5.74, 6) is 0. The van der Waals surface area contributed by atoms with Gasteiger partial charge < -0.3 is 10.2 Å². The third kappa shape index (κ3) is 3.66. The molecule has 0 amide bonds. The smallest absolute Gasteiger partial charge is 0.0440 e. The number of anilines is 1. The minimum Gasteiger partial charge on any atom is -0.367 e. The molecular weight excluding hydrogens is 276 g/mol. The largest absolute Gasteiger partial charge is 0.367 e. The summed E-state index contributed by atoms with van der Waals surface area (Å²) in [5.41, 5.74) is 4.36. The second kappa shape index (κ2) is 5.82. The molecule has 2 aromatic rings. The number of nitrogens with zero attached hydrogens (tertiary/aromatic N) is 1. The summed E-state index contributed by atoms with van der Waals surface area (Å²) in [6, 6.07) is 11.3. The highest BCUT2D eigenvalue weighted by Crippen LogP contribution is 2.27. The van der Waals surface area contributed by atoms with E-state index in [0.29, 0.717) is 0 Å². The molecule has 1 N–H and O–H groups in total. The highest BCUT2D eigenvalue weighted by Gasteiger charge is 2.17. The zero-order valence-corrected chi connectivity index (χ0v) is 14.0. The molecule has 0 atom stereocenters. The summed E-state index contributed by atoms with van der Waals surface area (Å²) in [5, 5.41) is 5.75. The number of hydrogen-bond acceptors (Lipinski definition) is 3. The maximum atomic E-state index is 3.53. The van der Waals surface area contributed by atoms with Gasteiger partial charge in [0.2, 0.25) is 0 Å². The first-order chi connectivity index (χ1) is 10.0. The van der Waals surface area contributed by atoms with Crippen molar-refractivity contribution < 1.29 is 0 Å². The molecule has 0 fully saturated rings. The van der Waals surface area contributed by atoms with Gasteiger partial charge in [0, 0.05) is 35.7 Å². The van der Waals surface area contributed by atoms with Crippen LogP contribution in [-0.4, -0.2) is 12.1 Å². The van der Waals surface area contributed by atoms with Crippen LogP contribution in [0.1, 0.15) is 36.8 Å². The van der Waals surface area contributed by atoms with Crippen molar-refractivity contribution in [2.75, 3.05) is 11.4 Å². The van der Waals surface area contributed by atoms with Crippen LogP contribution in [0, 0.1) is 0 Å². The molecule has 0 spiro atoms. The number of hydrogen-bond donors (Lipinski definition) is 1.